The number of rotatable bonds is 6. The van der Waals surface area contributed by atoms with Gasteiger partial charge in [-0.25, -0.2) is 4.79 Å². The van der Waals surface area contributed by atoms with Crippen LogP contribution in [0.5, 0.6) is 0 Å². The first-order valence-electron chi connectivity index (χ1n) is 11.6. The average molecular weight is 445 g/mol. The molecule has 0 aromatic heterocycles. The zero-order valence-corrected chi connectivity index (χ0v) is 20.4. The SMILES string of the molecule is C=C[C@@]1(C)C(O)O[C@H](CC)[C@H]1C.C=C[C@@]1(C)C(OC(=O)c2ccccc2)O[C@H](CC)[C@H]1C. The Morgan fingerprint density at radius 3 is 1.94 bits per heavy atom. The fourth-order valence-electron chi connectivity index (χ4n) is 4.46. The molecule has 0 amide bonds. The van der Waals surface area contributed by atoms with Gasteiger partial charge in [0.05, 0.1) is 23.2 Å². The number of ether oxygens (including phenoxy) is 3. The third-order valence-corrected chi connectivity index (χ3v) is 7.63. The summed E-state index contributed by atoms with van der Waals surface area (Å²) in [6.45, 7) is 20.0. The molecule has 2 saturated heterocycles. The quantitative estimate of drug-likeness (QED) is 0.447. The summed E-state index contributed by atoms with van der Waals surface area (Å²) >= 11 is 0. The van der Waals surface area contributed by atoms with E-state index in [0.29, 0.717) is 11.5 Å². The number of aliphatic hydroxyl groups is 1. The van der Waals surface area contributed by atoms with Crippen molar-refractivity contribution in [1.82, 2.24) is 0 Å². The number of carbonyl (C=O) groups is 1. The lowest BCUT2D eigenvalue weighted by Gasteiger charge is -2.29. The van der Waals surface area contributed by atoms with Crippen molar-refractivity contribution in [2.75, 3.05) is 0 Å². The molecule has 2 aliphatic rings. The first-order chi connectivity index (χ1) is 15.1. The van der Waals surface area contributed by atoms with Gasteiger partial charge < -0.3 is 19.3 Å². The van der Waals surface area contributed by atoms with Gasteiger partial charge in [0.2, 0.25) is 6.29 Å². The third-order valence-electron chi connectivity index (χ3n) is 7.63. The minimum atomic E-state index is -0.685. The Labute approximate surface area is 193 Å². The molecule has 1 N–H and O–H groups in total. The van der Waals surface area contributed by atoms with E-state index in [9.17, 15) is 9.90 Å². The summed E-state index contributed by atoms with van der Waals surface area (Å²) in [6, 6.07) is 8.98. The highest BCUT2D eigenvalue weighted by molar-refractivity contribution is 5.89. The number of carbonyl (C=O) groups excluding carboxylic acids is 1. The van der Waals surface area contributed by atoms with E-state index in [4.69, 9.17) is 14.2 Å². The Balaban J connectivity index is 0.000000258. The van der Waals surface area contributed by atoms with Gasteiger partial charge in [0, 0.05) is 5.41 Å². The summed E-state index contributed by atoms with van der Waals surface area (Å²) in [5.74, 6) is 0.251. The van der Waals surface area contributed by atoms with Crippen LogP contribution >= 0.6 is 0 Å². The van der Waals surface area contributed by atoms with Gasteiger partial charge >= 0.3 is 5.97 Å². The minimum Gasteiger partial charge on any atom is -0.431 e. The van der Waals surface area contributed by atoms with Gasteiger partial charge in [-0.15, -0.1) is 13.2 Å². The molecule has 2 unspecified atom stereocenters. The number of esters is 1. The molecule has 2 fully saturated rings. The van der Waals surface area contributed by atoms with Crippen LogP contribution in [0.2, 0.25) is 0 Å². The van der Waals surface area contributed by atoms with E-state index in [0.717, 1.165) is 12.8 Å². The van der Waals surface area contributed by atoms with Crippen LogP contribution in [0.4, 0.5) is 0 Å². The monoisotopic (exact) mass is 444 g/mol. The Morgan fingerprint density at radius 1 is 1.00 bits per heavy atom. The molecule has 178 valence electrons. The molecular formula is C27H40O5. The van der Waals surface area contributed by atoms with E-state index < -0.39 is 12.6 Å². The molecule has 2 heterocycles. The van der Waals surface area contributed by atoms with Crippen LogP contribution in [0.15, 0.2) is 55.6 Å². The maximum Gasteiger partial charge on any atom is 0.340 e. The largest absolute Gasteiger partial charge is 0.431 e. The van der Waals surface area contributed by atoms with E-state index in [1.165, 1.54) is 0 Å². The molecule has 1 aromatic rings. The molecule has 5 heteroatoms. The molecule has 0 saturated carbocycles. The summed E-state index contributed by atoms with van der Waals surface area (Å²) in [7, 11) is 0. The van der Waals surface area contributed by atoms with Crippen LogP contribution < -0.4 is 0 Å². The van der Waals surface area contributed by atoms with E-state index in [1.807, 2.05) is 38.1 Å². The topological polar surface area (TPSA) is 65.0 Å². The zero-order valence-electron chi connectivity index (χ0n) is 20.4. The van der Waals surface area contributed by atoms with Crippen molar-refractivity contribution in [1.29, 1.82) is 0 Å². The molecular weight excluding hydrogens is 404 g/mol. The van der Waals surface area contributed by atoms with Crippen molar-refractivity contribution in [3.05, 3.63) is 61.2 Å². The molecule has 32 heavy (non-hydrogen) atoms. The van der Waals surface area contributed by atoms with Crippen LogP contribution in [-0.2, 0) is 14.2 Å². The predicted molar refractivity (Wildman–Crippen MR) is 127 cm³/mol. The summed E-state index contributed by atoms with van der Waals surface area (Å²) in [5.41, 5.74) is -0.0960. The predicted octanol–water partition coefficient (Wildman–Crippen LogP) is 5.75. The zero-order chi connectivity index (χ0) is 24.1. The third kappa shape index (κ3) is 5.00. The summed E-state index contributed by atoms with van der Waals surface area (Å²) in [6.07, 6.45) is 4.48. The standard InChI is InChI=1S/C17H22O3.C10H18O2/c1-5-14-12(3)17(4,6-2)16(19-14)20-15(18)13-10-8-7-9-11-13;1-5-8-7(3)10(4,6-2)9(11)12-8/h6-12,14,16H,2,5H2,1,3-4H3;6-9,11H,2,5H2,1,3-4H3/t12-,14-,16?,17-;7-,8-,9?,10-/m11/s1. The number of hydrogen-bond acceptors (Lipinski definition) is 5. The lowest BCUT2D eigenvalue weighted by molar-refractivity contribution is -0.129. The molecule has 0 bridgehead atoms. The number of benzene rings is 1. The fraction of sp³-hybridized carbons (Fsp3) is 0.593. The van der Waals surface area contributed by atoms with Gasteiger partial charge in [-0.05, 0) is 43.7 Å². The second-order valence-electron chi connectivity index (χ2n) is 9.34. The first kappa shape index (κ1) is 26.3. The smallest absolute Gasteiger partial charge is 0.340 e. The Bertz CT molecular complexity index is 778. The van der Waals surface area contributed by atoms with Crippen LogP contribution in [0.25, 0.3) is 0 Å². The van der Waals surface area contributed by atoms with Gasteiger partial charge in [-0.2, -0.15) is 0 Å². The van der Waals surface area contributed by atoms with Crippen LogP contribution in [-0.4, -0.2) is 35.9 Å². The molecule has 0 radical (unpaired) electrons. The second kappa shape index (κ2) is 10.8. The van der Waals surface area contributed by atoms with E-state index >= 15 is 0 Å². The fourth-order valence-corrected chi connectivity index (χ4v) is 4.46. The van der Waals surface area contributed by atoms with Gasteiger partial charge in [0.1, 0.15) is 0 Å². The lowest BCUT2D eigenvalue weighted by atomic mass is 9.76. The Hall–Kier alpha value is -1.95. The highest BCUT2D eigenvalue weighted by atomic mass is 16.7. The van der Waals surface area contributed by atoms with Crippen molar-refractivity contribution in [2.45, 2.75) is 79.2 Å². The highest BCUT2D eigenvalue weighted by Gasteiger charge is 2.51. The molecule has 8 atom stereocenters. The molecule has 3 rings (SSSR count). The van der Waals surface area contributed by atoms with Crippen LogP contribution in [0.1, 0.15) is 64.7 Å². The Morgan fingerprint density at radius 2 is 1.50 bits per heavy atom. The lowest BCUT2D eigenvalue weighted by Crippen LogP contribution is -2.34. The maximum atomic E-state index is 12.2. The molecule has 0 spiro atoms. The van der Waals surface area contributed by atoms with Crippen molar-refractivity contribution in [2.24, 2.45) is 22.7 Å². The molecule has 1 aromatic carbocycles. The number of aliphatic hydroxyl groups excluding tert-OH is 1. The van der Waals surface area contributed by atoms with Gasteiger partial charge in [-0.1, -0.05) is 65.0 Å². The summed E-state index contributed by atoms with van der Waals surface area (Å²) < 4.78 is 16.9. The second-order valence-corrected chi connectivity index (χ2v) is 9.34. The van der Waals surface area contributed by atoms with Gasteiger partial charge in [-0.3, -0.25) is 0 Å². The van der Waals surface area contributed by atoms with Crippen molar-refractivity contribution < 1.29 is 24.1 Å². The van der Waals surface area contributed by atoms with E-state index in [-0.39, 0.29) is 34.9 Å². The van der Waals surface area contributed by atoms with Gasteiger partial charge in [0.25, 0.3) is 0 Å². The van der Waals surface area contributed by atoms with Crippen molar-refractivity contribution in [3.63, 3.8) is 0 Å². The van der Waals surface area contributed by atoms with Gasteiger partial charge in [0.15, 0.2) is 6.29 Å². The van der Waals surface area contributed by atoms with Crippen LogP contribution in [0, 0.1) is 22.7 Å². The van der Waals surface area contributed by atoms with Crippen LogP contribution in [0.3, 0.4) is 0 Å². The molecule has 2 aliphatic heterocycles. The summed E-state index contributed by atoms with van der Waals surface area (Å²) in [4.78, 5) is 12.2. The molecule has 5 nitrogen and oxygen atoms in total. The van der Waals surface area contributed by atoms with Crippen molar-refractivity contribution in [3.8, 4) is 0 Å². The van der Waals surface area contributed by atoms with E-state index in [1.54, 1.807) is 18.2 Å². The maximum absolute atomic E-state index is 12.2. The van der Waals surface area contributed by atoms with E-state index in [2.05, 4.69) is 40.9 Å². The Kier molecular flexibility index (Phi) is 8.86. The minimum absolute atomic E-state index is 0.0894. The average Bonchev–Trinajstić information content (AvgIpc) is 3.19. The normalized spacial score (nSPS) is 38.5. The van der Waals surface area contributed by atoms with Crippen molar-refractivity contribution >= 4 is 5.97 Å². The summed E-state index contributed by atoms with van der Waals surface area (Å²) in [5, 5.41) is 9.63. The first-order valence-corrected chi connectivity index (χ1v) is 11.6. The molecule has 0 aliphatic carbocycles. The highest BCUT2D eigenvalue weighted by Crippen LogP contribution is 2.46. The number of hydrogen-bond donors (Lipinski definition) is 1.